The van der Waals surface area contributed by atoms with E-state index in [9.17, 15) is 22.5 Å². The minimum atomic E-state index is -4.58. The van der Waals surface area contributed by atoms with Crippen molar-refractivity contribution in [1.82, 2.24) is 15.1 Å². The molecule has 34 heavy (non-hydrogen) atoms. The fourth-order valence-electron chi connectivity index (χ4n) is 4.08. The van der Waals surface area contributed by atoms with E-state index in [-0.39, 0.29) is 24.2 Å². The van der Waals surface area contributed by atoms with Gasteiger partial charge in [-0.3, -0.25) is 9.69 Å². The summed E-state index contributed by atoms with van der Waals surface area (Å²) in [4.78, 5) is 17.3. The summed E-state index contributed by atoms with van der Waals surface area (Å²) in [5, 5.41) is 3.06. The number of nitrogens with one attached hydrogen (secondary N) is 1. The summed E-state index contributed by atoms with van der Waals surface area (Å²) in [7, 11) is 3.93. The molecule has 0 aliphatic carbocycles. The number of likely N-dealkylation sites (N-methyl/N-ethyl adjacent to an activating group) is 1. The number of hydrogen-bond donors (Lipinski definition) is 1. The van der Waals surface area contributed by atoms with Crippen LogP contribution in [0.2, 0.25) is 5.02 Å². The molecule has 0 bridgehead atoms. The summed E-state index contributed by atoms with van der Waals surface area (Å²) in [6, 6.07) is 8.89. The van der Waals surface area contributed by atoms with Gasteiger partial charge in [-0.25, -0.2) is 0 Å². The molecule has 2 atom stereocenters. The number of hydrogen-bond acceptors (Lipinski definition) is 4. The van der Waals surface area contributed by atoms with Crippen molar-refractivity contribution < 1.29 is 22.5 Å². The maximum absolute atomic E-state index is 13.8. The van der Waals surface area contributed by atoms with Crippen LogP contribution in [0, 0.1) is 0 Å². The van der Waals surface area contributed by atoms with Crippen molar-refractivity contribution in [2.75, 3.05) is 32.9 Å². The highest BCUT2D eigenvalue weighted by molar-refractivity contribution is 7.91. The molecule has 1 fully saturated rings. The third-order valence-electron chi connectivity index (χ3n) is 6.02. The minimum Gasteiger partial charge on any atom is -0.611 e. The molecule has 0 radical (unpaired) electrons. The molecule has 0 aromatic heterocycles. The SMILES string of the molecule is CC[S+]([O-])c1ccc(Cl)cc1CNC(=O)c1ccc(CN2CC[C@@H](N(C)C)C2)c(C(F)(F)F)c1. The van der Waals surface area contributed by atoms with E-state index in [4.69, 9.17) is 11.6 Å². The lowest BCUT2D eigenvalue weighted by molar-refractivity contribution is -0.138. The number of likely N-dealkylation sites (tertiary alicyclic amines) is 1. The molecule has 2 aromatic rings. The number of rotatable bonds is 8. The van der Waals surface area contributed by atoms with Crippen molar-refractivity contribution >= 4 is 28.7 Å². The molecule has 10 heteroatoms. The standard InChI is InChI=1S/C24H29ClF3N3O2S/c1-4-34(33)22-8-7-19(25)11-18(22)13-29-23(32)16-5-6-17(21(12-16)24(26,27)28)14-31-10-9-20(15-31)30(2)3/h5-8,11-12,20H,4,9-10,13-15H2,1-3H3,(H,29,32)/t20-,34?/m1/s1. The van der Waals surface area contributed by atoms with E-state index in [2.05, 4.69) is 10.2 Å². The van der Waals surface area contributed by atoms with Crippen LogP contribution in [0.5, 0.6) is 0 Å². The first-order chi connectivity index (χ1) is 16.0. The number of halogens is 4. The lowest BCUT2D eigenvalue weighted by atomic mass is 10.0. The minimum absolute atomic E-state index is 0.00325. The Morgan fingerprint density at radius 1 is 1.24 bits per heavy atom. The third kappa shape index (κ3) is 6.66. The molecule has 1 aliphatic rings. The van der Waals surface area contributed by atoms with Gasteiger partial charge in [-0.2, -0.15) is 13.2 Å². The lowest BCUT2D eigenvalue weighted by Gasteiger charge is -2.22. The molecule has 0 saturated carbocycles. The van der Waals surface area contributed by atoms with Crippen molar-refractivity contribution in [2.45, 2.75) is 43.5 Å². The fourth-order valence-corrected chi connectivity index (χ4v) is 5.23. The predicted octanol–water partition coefficient (Wildman–Crippen LogP) is 4.55. The maximum atomic E-state index is 13.8. The Morgan fingerprint density at radius 3 is 2.59 bits per heavy atom. The number of amides is 1. The van der Waals surface area contributed by atoms with Crippen molar-refractivity contribution in [3.05, 3.63) is 63.7 Å². The molecule has 0 spiro atoms. The molecule has 1 aliphatic heterocycles. The van der Waals surface area contributed by atoms with Gasteiger partial charge in [0, 0.05) is 48.4 Å². The van der Waals surface area contributed by atoms with E-state index >= 15 is 0 Å². The topological polar surface area (TPSA) is 58.6 Å². The van der Waals surface area contributed by atoms with Crippen LogP contribution in [-0.2, 0) is 30.4 Å². The molecule has 1 saturated heterocycles. The van der Waals surface area contributed by atoms with E-state index in [0.717, 1.165) is 19.0 Å². The zero-order valence-electron chi connectivity index (χ0n) is 19.4. The van der Waals surface area contributed by atoms with Crippen LogP contribution in [0.15, 0.2) is 41.3 Å². The predicted molar refractivity (Wildman–Crippen MR) is 128 cm³/mol. The summed E-state index contributed by atoms with van der Waals surface area (Å²) < 4.78 is 53.8. The van der Waals surface area contributed by atoms with Gasteiger partial charge in [-0.05, 0) is 74.5 Å². The number of carbonyl (C=O) groups excluding carboxylic acids is 1. The molecule has 1 amide bonds. The van der Waals surface area contributed by atoms with Crippen LogP contribution < -0.4 is 5.32 Å². The quantitative estimate of drug-likeness (QED) is 0.524. The summed E-state index contributed by atoms with van der Waals surface area (Å²) in [5.41, 5.74) is -0.162. The zero-order chi connectivity index (χ0) is 25.0. The van der Waals surface area contributed by atoms with Crippen LogP contribution >= 0.6 is 11.6 Å². The Labute approximate surface area is 206 Å². The highest BCUT2D eigenvalue weighted by atomic mass is 35.5. The van der Waals surface area contributed by atoms with Crippen molar-refractivity contribution in [3.63, 3.8) is 0 Å². The number of nitrogens with zero attached hydrogens (tertiary/aromatic N) is 2. The summed E-state index contributed by atoms with van der Waals surface area (Å²) in [5.74, 6) is -0.246. The van der Waals surface area contributed by atoms with E-state index in [1.54, 1.807) is 25.1 Å². The molecule has 1 unspecified atom stereocenters. The van der Waals surface area contributed by atoms with E-state index < -0.39 is 28.8 Å². The fraction of sp³-hybridized carbons (Fsp3) is 0.458. The van der Waals surface area contributed by atoms with Gasteiger partial charge in [-0.15, -0.1) is 0 Å². The van der Waals surface area contributed by atoms with Gasteiger partial charge in [0.25, 0.3) is 5.91 Å². The molecule has 5 nitrogen and oxygen atoms in total. The molecule has 1 N–H and O–H groups in total. The number of alkyl halides is 3. The highest BCUT2D eigenvalue weighted by Crippen LogP contribution is 2.34. The van der Waals surface area contributed by atoms with Gasteiger partial charge in [0.1, 0.15) is 5.75 Å². The summed E-state index contributed by atoms with van der Waals surface area (Å²) in [6.07, 6.45) is -3.67. The highest BCUT2D eigenvalue weighted by Gasteiger charge is 2.35. The second kappa shape index (κ2) is 11.3. The molecule has 2 aromatic carbocycles. The monoisotopic (exact) mass is 515 g/mol. The van der Waals surface area contributed by atoms with Crippen LogP contribution in [0.1, 0.15) is 40.4 Å². The molecular formula is C24H29ClF3N3O2S. The van der Waals surface area contributed by atoms with E-state index in [1.807, 2.05) is 19.0 Å². The van der Waals surface area contributed by atoms with Gasteiger partial charge in [0.15, 0.2) is 4.90 Å². The molecule has 3 rings (SSSR count). The van der Waals surface area contributed by atoms with Crippen molar-refractivity contribution in [2.24, 2.45) is 0 Å². The average Bonchev–Trinajstić information content (AvgIpc) is 3.25. The normalized spacial score (nSPS) is 17.9. The Bertz CT molecular complexity index is 1020. The number of carbonyl (C=O) groups is 1. The smallest absolute Gasteiger partial charge is 0.416 e. The van der Waals surface area contributed by atoms with Crippen molar-refractivity contribution in [1.29, 1.82) is 0 Å². The summed E-state index contributed by atoms with van der Waals surface area (Å²) in [6.45, 7) is 3.38. The Hall–Kier alpha value is -1.78. The van der Waals surface area contributed by atoms with E-state index in [0.29, 0.717) is 33.8 Å². The third-order valence-corrected chi connectivity index (χ3v) is 7.67. The second-order valence-electron chi connectivity index (χ2n) is 8.58. The Morgan fingerprint density at radius 2 is 1.97 bits per heavy atom. The van der Waals surface area contributed by atoms with E-state index in [1.165, 1.54) is 12.1 Å². The van der Waals surface area contributed by atoms with Crippen LogP contribution in [0.4, 0.5) is 13.2 Å². The first-order valence-corrected chi connectivity index (χ1v) is 12.7. The first-order valence-electron chi connectivity index (χ1n) is 11.0. The lowest BCUT2D eigenvalue weighted by Crippen LogP contribution is -2.31. The molecular weight excluding hydrogens is 487 g/mol. The molecule has 1 heterocycles. The largest absolute Gasteiger partial charge is 0.611 e. The number of benzene rings is 2. The Kier molecular flexibility index (Phi) is 8.92. The van der Waals surface area contributed by atoms with Crippen molar-refractivity contribution in [3.8, 4) is 0 Å². The van der Waals surface area contributed by atoms with Gasteiger partial charge in [0.05, 0.1) is 5.56 Å². The molecule has 186 valence electrons. The van der Waals surface area contributed by atoms with Gasteiger partial charge < -0.3 is 14.8 Å². The van der Waals surface area contributed by atoms with Crippen LogP contribution in [0.3, 0.4) is 0 Å². The van der Waals surface area contributed by atoms with Crippen LogP contribution in [-0.4, -0.2) is 59.2 Å². The average molecular weight is 516 g/mol. The first kappa shape index (κ1) is 26.8. The maximum Gasteiger partial charge on any atom is 0.416 e. The Balaban J connectivity index is 1.76. The van der Waals surface area contributed by atoms with Gasteiger partial charge >= 0.3 is 6.18 Å². The zero-order valence-corrected chi connectivity index (χ0v) is 21.0. The summed E-state index contributed by atoms with van der Waals surface area (Å²) >= 11 is 4.78. The van der Waals surface area contributed by atoms with Crippen LogP contribution in [0.25, 0.3) is 0 Å². The van der Waals surface area contributed by atoms with Gasteiger partial charge in [0.2, 0.25) is 0 Å². The second-order valence-corrected chi connectivity index (χ2v) is 10.7. The van der Waals surface area contributed by atoms with Gasteiger partial charge in [-0.1, -0.05) is 17.7 Å².